The second-order valence-corrected chi connectivity index (χ2v) is 5.21. The zero-order valence-corrected chi connectivity index (χ0v) is 14.5. The van der Waals surface area contributed by atoms with Crippen molar-refractivity contribution in [3.05, 3.63) is 53.3 Å². The molecule has 23 heavy (non-hydrogen) atoms. The third-order valence-corrected chi connectivity index (χ3v) is 3.59. The third-order valence-electron chi connectivity index (χ3n) is 3.59. The van der Waals surface area contributed by atoms with Gasteiger partial charge in [-0.05, 0) is 32.0 Å². The maximum absolute atomic E-state index is 12.3. The van der Waals surface area contributed by atoms with Gasteiger partial charge < -0.3 is 10.6 Å². The average molecular weight is 337 g/mol. The number of benzene rings is 1. The molecule has 1 aromatic carbocycles. The number of hydrogen-bond donors (Lipinski definition) is 2. The lowest BCUT2D eigenvalue weighted by atomic mass is 10.1. The summed E-state index contributed by atoms with van der Waals surface area (Å²) in [5.74, 6) is -0.0349. The fourth-order valence-corrected chi connectivity index (χ4v) is 2.43. The first-order chi connectivity index (χ1) is 10.8. The Morgan fingerprint density at radius 3 is 2.61 bits per heavy atom. The van der Waals surface area contributed by atoms with Crippen LogP contribution >= 0.6 is 12.4 Å². The number of nitrogens with one attached hydrogen (secondary N) is 2. The van der Waals surface area contributed by atoms with Gasteiger partial charge in [0.2, 0.25) is 0 Å². The summed E-state index contributed by atoms with van der Waals surface area (Å²) in [7, 11) is 1.91. The summed E-state index contributed by atoms with van der Waals surface area (Å²) in [5.41, 5.74) is 2.85. The number of amides is 1. The molecule has 1 aromatic heterocycles. The van der Waals surface area contributed by atoms with Crippen LogP contribution in [0.3, 0.4) is 0 Å². The van der Waals surface area contributed by atoms with E-state index >= 15 is 0 Å². The Balaban J connectivity index is 0.00000264. The Morgan fingerprint density at radius 1 is 1.22 bits per heavy atom. The first-order valence-electron chi connectivity index (χ1n) is 7.77. The van der Waals surface area contributed by atoms with Gasteiger partial charge in [0.15, 0.2) is 0 Å². The van der Waals surface area contributed by atoms with E-state index in [-0.39, 0.29) is 18.3 Å². The molecule has 1 heterocycles. The van der Waals surface area contributed by atoms with Crippen molar-refractivity contribution in [2.75, 3.05) is 20.1 Å². The first-order valence-corrected chi connectivity index (χ1v) is 7.77. The van der Waals surface area contributed by atoms with E-state index in [1.807, 2.05) is 29.9 Å². The molecular formula is C17H25ClN4O. The lowest BCUT2D eigenvalue weighted by molar-refractivity contribution is 0.0952. The topological polar surface area (TPSA) is 59.0 Å². The molecule has 0 aliphatic heterocycles. The molecule has 0 atom stereocenters. The van der Waals surface area contributed by atoms with E-state index in [4.69, 9.17) is 0 Å². The predicted octanol–water partition coefficient (Wildman–Crippen LogP) is 2.25. The molecule has 2 aromatic rings. The summed E-state index contributed by atoms with van der Waals surface area (Å²) in [5, 5.41) is 10.4. The monoisotopic (exact) mass is 336 g/mol. The largest absolute Gasteiger partial charge is 0.352 e. The zero-order chi connectivity index (χ0) is 15.8. The number of aromatic nitrogens is 2. The molecule has 2 rings (SSSR count). The highest BCUT2D eigenvalue weighted by Crippen LogP contribution is 2.12. The Kier molecular flexibility index (Phi) is 8.37. The Bertz CT molecular complexity index is 598. The predicted molar refractivity (Wildman–Crippen MR) is 95.3 cm³/mol. The summed E-state index contributed by atoms with van der Waals surface area (Å²) in [6, 6.07) is 10.2. The molecule has 0 bridgehead atoms. The summed E-state index contributed by atoms with van der Waals surface area (Å²) in [6.45, 7) is 4.31. The minimum atomic E-state index is -0.0349. The summed E-state index contributed by atoms with van der Waals surface area (Å²) in [6.07, 6.45) is 3.38. The Labute approximate surface area is 143 Å². The Morgan fingerprint density at radius 2 is 1.96 bits per heavy atom. The van der Waals surface area contributed by atoms with Gasteiger partial charge in [-0.2, -0.15) is 5.10 Å². The number of halogens is 1. The van der Waals surface area contributed by atoms with Crippen molar-refractivity contribution in [2.24, 2.45) is 0 Å². The molecule has 1 amide bonds. The molecule has 0 aliphatic rings. The van der Waals surface area contributed by atoms with E-state index in [1.54, 1.807) is 6.20 Å². The smallest absolute Gasteiger partial charge is 0.254 e. The molecule has 0 aliphatic carbocycles. The van der Waals surface area contributed by atoms with Crippen LogP contribution in [0.4, 0.5) is 0 Å². The maximum Gasteiger partial charge on any atom is 0.254 e. The van der Waals surface area contributed by atoms with Crippen molar-refractivity contribution in [1.29, 1.82) is 0 Å². The van der Waals surface area contributed by atoms with Gasteiger partial charge in [-0.25, -0.2) is 0 Å². The van der Waals surface area contributed by atoms with Crippen molar-refractivity contribution >= 4 is 18.3 Å². The molecule has 0 fully saturated rings. The fourth-order valence-electron chi connectivity index (χ4n) is 2.43. The summed E-state index contributed by atoms with van der Waals surface area (Å²) >= 11 is 0. The van der Waals surface area contributed by atoms with Gasteiger partial charge >= 0.3 is 0 Å². The lowest BCUT2D eigenvalue weighted by Crippen LogP contribution is -2.27. The third kappa shape index (κ3) is 5.37. The van der Waals surface area contributed by atoms with E-state index in [0.717, 1.165) is 25.1 Å². The van der Waals surface area contributed by atoms with Crippen LogP contribution in [0, 0.1) is 0 Å². The van der Waals surface area contributed by atoms with Crippen LogP contribution in [0.5, 0.6) is 0 Å². The average Bonchev–Trinajstić information content (AvgIpc) is 2.95. The molecule has 2 N–H and O–H groups in total. The van der Waals surface area contributed by atoms with E-state index < -0.39 is 0 Å². The van der Waals surface area contributed by atoms with Gasteiger partial charge in [0, 0.05) is 6.54 Å². The van der Waals surface area contributed by atoms with E-state index in [0.29, 0.717) is 18.7 Å². The minimum Gasteiger partial charge on any atom is -0.352 e. The van der Waals surface area contributed by atoms with Gasteiger partial charge in [-0.15, -0.1) is 12.4 Å². The van der Waals surface area contributed by atoms with Crippen molar-refractivity contribution in [1.82, 2.24) is 20.4 Å². The molecule has 0 saturated carbocycles. The minimum absolute atomic E-state index is 0. The number of rotatable bonds is 8. The van der Waals surface area contributed by atoms with Crippen molar-refractivity contribution < 1.29 is 4.79 Å². The van der Waals surface area contributed by atoms with Gasteiger partial charge in [0.1, 0.15) is 0 Å². The van der Waals surface area contributed by atoms with Crippen LogP contribution < -0.4 is 10.6 Å². The molecule has 6 heteroatoms. The molecule has 0 unspecified atom stereocenters. The normalized spacial score (nSPS) is 10.2. The van der Waals surface area contributed by atoms with Crippen LogP contribution in [0.1, 0.15) is 35.0 Å². The van der Waals surface area contributed by atoms with Crippen molar-refractivity contribution in [3.8, 4) is 0 Å². The number of nitrogens with zero attached hydrogens (tertiary/aromatic N) is 2. The van der Waals surface area contributed by atoms with Crippen LogP contribution in [-0.2, 0) is 13.0 Å². The highest BCUT2D eigenvalue weighted by Gasteiger charge is 2.15. The quantitative estimate of drug-likeness (QED) is 0.727. The summed E-state index contributed by atoms with van der Waals surface area (Å²) in [4.78, 5) is 12.3. The van der Waals surface area contributed by atoms with Crippen molar-refractivity contribution in [3.63, 3.8) is 0 Å². The van der Waals surface area contributed by atoms with Crippen LogP contribution in [0.25, 0.3) is 0 Å². The number of carbonyl (C=O) groups excluding carboxylic acids is 1. The van der Waals surface area contributed by atoms with E-state index in [9.17, 15) is 4.79 Å². The lowest BCUT2D eigenvalue weighted by Gasteiger charge is -2.09. The van der Waals surface area contributed by atoms with Crippen LogP contribution in [-0.4, -0.2) is 35.8 Å². The number of carbonyl (C=O) groups is 1. The maximum atomic E-state index is 12.3. The fraction of sp³-hybridized carbons (Fsp3) is 0.412. The second kappa shape index (κ2) is 10.0. The summed E-state index contributed by atoms with van der Waals surface area (Å²) < 4.78 is 1.91. The molecule has 126 valence electrons. The molecule has 0 radical (unpaired) electrons. The van der Waals surface area contributed by atoms with Gasteiger partial charge in [0.25, 0.3) is 5.91 Å². The van der Waals surface area contributed by atoms with E-state index in [2.05, 4.69) is 34.8 Å². The van der Waals surface area contributed by atoms with Crippen molar-refractivity contribution in [2.45, 2.75) is 26.3 Å². The standard InChI is InChI=1S/C17H24N4O.ClH/c1-3-16-15(17(22)19-11-7-10-18-2)12-20-21(16)13-14-8-5-4-6-9-14;/h4-6,8-9,12,18H,3,7,10-11,13H2,1-2H3,(H,19,22);1H. The van der Waals surface area contributed by atoms with E-state index in [1.165, 1.54) is 5.56 Å². The molecular weight excluding hydrogens is 312 g/mol. The molecule has 5 nitrogen and oxygen atoms in total. The van der Waals surface area contributed by atoms with Gasteiger partial charge in [0.05, 0.1) is 24.0 Å². The molecule has 0 spiro atoms. The number of hydrogen-bond acceptors (Lipinski definition) is 3. The zero-order valence-electron chi connectivity index (χ0n) is 13.7. The van der Waals surface area contributed by atoms with Crippen LogP contribution in [0.15, 0.2) is 36.5 Å². The molecule has 0 saturated heterocycles. The Hall–Kier alpha value is -1.85. The van der Waals surface area contributed by atoms with Gasteiger partial charge in [-0.3, -0.25) is 9.48 Å². The highest BCUT2D eigenvalue weighted by molar-refractivity contribution is 5.95. The second-order valence-electron chi connectivity index (χ2n) is 5.21. The highest BCUT2D eigenvalue weighted by atomic mass is 35.5. The van der Waals surface area contributed by atoms with Crippen LogP contribution in [0.2, 0.25) is 0 Å². The first kappa shape index (κ1) is 19.2. The van der Waals surface area contributed by atoms with Gasteiger partial charge in [-0.1, -0.05) is 37.3 Å². The SMILES string of the molecule is CCc1c(C(=O)NCCCNC)cnn1Cc1ccccc1.Cl.